The van der Waals surface area contributed by atoms with E-state index in [2.05, 4.69) is 20.1 Å². The van der Waals surface area contributed by atoms with Crippen LogP contribution in [0.15, 0.2) is 59.7 Å². The first-order valence-electron chi connectivity index (χ1n) is 16.6. The van der Waals surface area contributed by atoms with Gasteiger partial charge in [-0.05, 0) is 64.0 Å². The molecule has 1 N–H and O–H groups in total. The summed E-state index contributed by atoms with van der Waals surface area (Å²) in [7, 11) is 3.76. The zero-order chi connectivity index (χ0) is 36.0. The van der Waals surface area contributed by atoms with Crippen LogP contribution in [0, 0.1) is 12.7 Å². The Kier molecular flexibility index (Phi) is 8.85. The number of rotatable bonds is 9. The minimum atomic E-state index is -1.16. The number of halogens is 1. The Morgan fingerprint density at radius 2 is 1.84 bits per heavy atom. The van der Waals surface area contributed by atoms with Crippen LogP contribution < -0.4 is 10.3 Å². The molecular weight excluding hydrogens is 659 g/mol. The smallest absolute Gasteiger partial charge is 0.323 e. The number of aryl methyl sites for hydroxylation is 1. The highest BCUT2D eigenvalue weighted by atomic mass is 19.1. The van der Waals surface area contributed by atoms with E-state index in [1.807, 2.05) is 49.3 Å². The summed E-state index contributed by atoms with van der Waals surface area (Å²) in [6.45, 7) is 4.17. The Bertz CT molecular complexity index is 2210. The second kappa shape index (κ2) is 13.3. The molecule has 2 aliphatic rings. The van der Waals surface area contributed by atoms with E-state index in [0.29, 0.717) is 23.7 Å². The lowest BCUT2D eigenvalue weighted by Gasteiger charge is -2.39. The number of benzene rings is 2. The molecule has 0 bridgehead atoms. The summed E-state index contributed by atoms with van der Waals surface area (Å²) in [4.78, 5) is 56.9. The summed E-state index contributed by atoms with van der Waals surface area (Å²) >= 11 is 0. The third-order valence-electron chi connectivity index (χ3n) is 9.36. The lowest BCUT2D eigenvalue weighted by Crippen LogP contribution is -2.47. The number of amides is 1. The SMILES string of the molecule is Cc1ncnc(C(=O)N2CCC3(CC2)OC(C)c2c3c(=O)n3nc(-c4ccc(CN(C)C)cc4F)nc3n2CC(=O)O)c1OCc1ccccc1. The quantitative estimate of drug-likeness (QED) is 0.239. The number of ether oxygens (including phenoxy) is 2. The minimum Gasteiger partial charge on any atom is -0.485 e. The van der Waals surface area contributed by atoms with Crippen molar-refractivity contribution in [2.75, 3.05) is 27.2 Å². The zero-order valence-electron chi connectivity index (χ0n) is 28.7. The van der Waals surface area contributed by atoms with E-state index in [0.717, 1.165) is 15.6 Å². The summed E-state index contributed by atoms with van der Waals surface area (Å²) in [6.07, 6.45) is 1.15. The van der Waals surface area contributed by atoms with E-state index in [1.54, 1.807) is 30.9 Å². The number of carbonyl (C=O) groups is 2. The average molecular weight is 697 g/mol. The predicted octanol–water partition coefficient (Wildman–Crippen LogP) is 3.74. The van der Waals surface area contributed by atoms with Gasteiger partial charge in [0.2, 0.25) is 5.78 Å². The van der Waals surface area contributed by atoms with Gasteiger partial charge in [0.15, 0.2) is 17.3 Å². The number of carboxylic acid groups (broad SMARTS) is 1. The summed E-state index contributed by atoms with van der Waals surface area (Å²) < 4.78 is 30.4. The van der Waals surface area contributed by atoms with Gasteiger partial charge in [0.25, 0.3) is 11.5 Å². The number of nitrogens with zero attached hydrogens (tertiary/aromatic N) is 8. The molecule has 3 aromatic heterocycles. The molecule has 1 spiro atoms. The highest BCUT2D eigenvalue weighted by molar-refractivity contribution is 5.95. The largest absolute Gasteiger partial charge is 0.485 e. The molecule has 1 saturated heterocycles. The molecule has 1 unspecified atom stereocenters. The molecule has 5 aromatic rings. The van der Waals surface area contributed by atoms with Crippen LogP contribution >= 0.6 is 0 Å². The van der Waals surface area contributed by atoms with Crippen LogP contribution in [0.3, 0.4) is 0 Å². The summed E-state index contributed by atoms with van der Waals surface area (Å²) in [5.41, 5.74) is 1.40. The molecule has 0 aliphatic carbocycles. The van der Waals surface area contributed by atoms with Gasteiger partial charge in [-0.3, -0.25) is 19.0 Å². The Morgan fingerprint density at radius 1 is 1.10 bits per heavy atom. The number of hydrogen-bond donors (Lipinski definition) is 1. The Morgan fingerprint density at radius 3 is 2.53 bits per heavy atom. The van der Waals surface area contributed by atoms with Crippen LogP contribution in [0.5, 0.6) is 5.75 Å². The van der Waals surface area contributed by atoms with E-state index < -0.39 is 35.6 Å². The Balaban J connectivity index is 1.21. The molecule has 1 amide bonds. The maximum absolute atomic E-state index is 15.3. The molecule has 0 saturated carbocycles. The van der Waals surface area contributed by atoms with Crippen LogP contribution in [-0.2, 0) is 34.8 Å². The molecule has 1 fully saturated rings. The van der Waals surface area contributed by atoms with Crippen molar-refractivity contribution < 1.29 is 28.6 Å². The molecule has 0 radical (unpaired) electrons. The van der Waals surface area contributed by atoms with Crippen LogP contribution in [-0.4, -0.2) is 83.1 Å². The van der Waals surface area contributed by atoms with Gasteiger partial charge in [0.05, 0.1) is 28.6 Å². The van der Waals surface area contributed by atoms with Crippen molar-refractivity contribution in [1.29, 1.82) is 0 Å². The molecule has 5 heterocycles. The Hall–Kier alpha value is -5.54. The number of piperidine rings is 1. The maximum Gasteiger partial charge on any atom is 0.323 e. The zero-order valence-corrected chi connectivity index (χ0v) is 28.7. The first-order valence-corrected chi connectivity index (χ1v) is 16.6. The number of aliphatic carboxylic acids is 1. The van der Waals surface area contributed by atoms with E-state index in [1.165, 1.54) is 17.0 Å². The topological polar surface area (TPSA) is 157 Å². The van der Waals surface area contributed by atoms with Crippen LogP contribution in [0.4, 0.5) is 4.39 Å². The van der Waals surface area contributed by atoms with Crippen LogP contribution in [0.2, 0.25) is 0 Å². The number of likely N-dealkylation sites (tertiary alicyclic amines) is 1. The van der Waals surface area contributed by atoms with Gasteiger partial charge in [-0.15, -0.1) is 5.10 Å². The lowest BCUT2D eigenvalue weighted by atomic mass is 9.85. The number of aromatic nitrogens is 6. The summed E-state index contributed by atoms with van der Waals surface area (Å²) in [5, 5.41) is 14.3. The van der Waals surface area contributed by atoms with Crippen molar-refractivity contribution in [3.05, 3.63) is 105 Å². The van der Waals surface area contributed by atoms with Gasteiger partial charge in [-0.2, -0.15) is 9.50 Å². The Labute approximate surface area is 292 Å². The predicted molar refractivity (Wildman–Crippen MR) is 182 cm³/mol. The van der Waals surface area contributed by atoms with E-state index in [4.69, 9.17) is 9.47 Å². The van der Waals surface area contributed by atoms with Crippen molar-refractivity contribution in [3.63, 3.8) is 0 Å². The second-order valence-corrected chi connectivity index (χ2v) is 13.2. The third kappa shape index (κ3) is 6.23. The van der Waals surface area contributed by atoms with Crippen molar-refractivity contribution in [2.24, 2.45) is 0 Å². The number of hydrogen-bond acceptors (Lipinski definition) is 10. The van der Waals surface area contributed by atoms with Gasteiger partial charge in [-0.1, -0.05) is 36.4 Å². The van der Waals surface area contributed by atoms with Gasteiger partial charge >= 0.3 is 5.97 Å². The molecule has 264 valence electrons. The van der Waals surface area contributed by atoms with Crippen molar-refractivity contribution in [1.82, 2.24) is 38.9 Å². The molecular formula is C36H37FN8O6. The van der Waals surface area contributed by atoms with Crippen LogP contribution in [0.25, 0.3) is 17.2 Å². The van der Waals surface area contributed by atoms with Gasteiger partial charge in [0, 0.05) is 19.6 Å². The molecule has 2 aromatic carbocycles. The van der Waals surface area contributed by atoms with Crippen molar-refractivity contribution >= 4 is 17.7 Å². The molecule has 51 heavy (non-hydrogen) atoms. The third-order valence-corrected chi connectivity index (χ3v) is 9.36. The first-order chi connectivity index (χ1) is 24.5. The highest BCUT2D eigenvalue weighted by Gasteiger charge is 2.50. The lowest BCUT2D eigenvalue weighted by molar-refractivity contribution is -0.137. The molecule has 7 rings (SSSR count). The van der Waals surface area contributed by atoms with Crippen molar-refractivity contribution in [3.8, 4) is 17.1 Å². The van der Waals surface area contributed by atoms with E-state index >= 15 is 4.39 Å². The van der Waals surface area contributed by atoms with E-state index in [9.17, 15) is 19.5 Å². The molecule has 2 aliphatic heterocycles. The monoisotopic (exact) mass is 696 g/mol. The highest BCUT2D eigenvalue weighted by Crippen LogP contribution is 2.48. The van der Waals surface area contributed by atoms with Crippen molar-refractivity contribution in [2.45, 2.75) is 58.1 Å². The fourth-order valence-corrected chi connectivity index (χ4v) is 7.09. The number of carbonyl (C=O) groups excluding carboxylic acids is 1. The first kappa shape index (κ1) is 33.9. The second-order valence-electron chi connectivity index (χ2n) is 13.2. The maximum atomic E-state index is 15.3. The number of fused-ring (bicyclic) bond motifs is 3. The van der Waals surface area contributed by atoms with Gasteiger partial charge in [-0.25, -0.2) is 14.4 Å². The fraction of sp³-hybridized carbons (Fsp3) is 0.361. The standard InChI is InChI=1S/C36H37FN8O6/c1-21-31(50-19-23-8-6-5-7-9-23)29(39-20-38-21)34(49)43-14-12-36(13-15-43)28-30(22(2)51-36)44(18-27(46)47)35-40-32(41-45(35)33(28)48)25-11-10-24(16-26(25)37)17-42(3)4/h5-11,16,20,22H,12-15,17-19H2,1-4H3,(H,46,47). The number of carboxylic acids is 1. The molecule has 14 nitrogen and oxygen atoms in total. The minimum absolute atomic E-state index is 0.0322. The fourth-order valence-electron chi connectivity index (χ4n) is 7.09. The van der Waals surface area contributed by atoms with E-state index in [-0.39, 0.29) is 66.9 Å². The average Bonchev–Trinajstić information content (AvgIpc) is 3.66. The van der Waals surface area contributed by atoms with Gasteiger partial charge in [0.1, 0.15) is 30.9 Å². The summed E-state index contributed by atoms with van der Waals surface area (Å²) in [5.74, 6) is -1.85. The van der Waals surface area contributed by atoms with Crippen LogP contribution in [0.1, 0.15) is 64.4 Å². The molecule has 1 atom stereocenters. The normalized spacial score (nSPS) is 16.6. The summed E-state index contributed by atoms with van der Waals surface area (Å²) in [6, 6.07) is 14.3. The van der Waals surface area contributed by atoms with Gasteiger partial charge < -0.3 is 24.4 Å². The molecule has 15 heteroatoms.